The predicted molar refractivity (Wildman–Crippen MR) is 89.7 cm³/mol. The molecule has 1 saturated heterocycles. The molecule has 0 radical (unpaired) electrons. The average Bonchev–Trinajstić information content (AvgIpc) is 3.25. The molecule has 0 saturated carbocycles. The van der Waals surface area contributed by atoms with E-state index >= 15 is 0 Å². The number of furan rings is 1. The highest BCUT2D eigenvalue weighted by atomic mass is 16.4. The molecule has 122 valence electrons. The second-order valence-corrected chi connectivity index (χ2v) is 6.99. The van der Waals surface area contributed by atoms with Crippen molar-refractivity contribution < 1.29 is 9.21 Å². The van der Waals surface area contributed by atoms with Gasteiger partial charge in [-0.3, -0.25) is 4.79 Å². The van der Waals surface area contributed by atoms with Crippen molar-refractivity contribution in [2.75, 3.05) is 18.8 Å². The van der Waals surface area contributed by atoms with Crippen LogP contribution in [0.1, 0.15) is 66.4 Å². The van der Waals surface area contributed by atoms with Crippen molar-refractivity contribution in [1.82, 2.24) is 9.88 Å². The summed E-state index contributed by atoms with van der Waals surface area (Å²) in [4.78, 5) is 19.2. The number of amides is 1. The summed E-state index contributed by atoms with van der Waals surface area (Å²) in [5.74, 6) is 0.538. The van der Waals surface area contributed by atoms with Crippen molar-refractivity contribution in [3.8, 4) is 0 Å². The van der Waals surface area contributed by atoms with Gasteiger partial charge in [0.05, 0.1) is 16.8 Å². The van der Waals surface area contributed by atoms with Gasteiger partial charge < -0.3 is 15.1 Å². The van der Waals surface area contributed by atoms with Gasteiger partial charge >= 0.3 is 0 Å². The van der Waals surface area contributed by atoms with Crippen molar-refractivity contribution in [2.24, 2.45) is 0 Å². The van der Waals surface area contributed by atoms with Crippen LogP contribution in [-0.4, -0.2) is 28.9 Å². The van der Waals surface area contributed by atoms with Gasteiger partial charge in [-0.15, -0.1) is 0 Å². The number of carbonyl (C=O) groups excluding carboxylic acids is 1. The molecule has 2 aromatic heterocycles. The zero-order valence-electron chi connectivity index (χ0n) is 13.8. The van der Waals surface area contributed by atoms with Gasteiger partial charge in [-0.05, 0) is 49.1 Å². The van der Waals surface area contributed by atoms with Crippen molar-refractivity contribution >= 4 is 22.7 Å². The van der Waals surface area contributed by atoms with Crippen LogP contribution in [0, 0.1) is 0 Å². The normalized spacial score (nSPS) is 17.4. The quantitative estimate of drug-likeness (QED) is 0.923. The first-order chi connectivity index (χ1) is 11.1. The molecule has 0 bridgehead atoms. The zero-order valence-corrected chi connectivity index (χ0v) is 13.8. The van der Waals surface area contributed by atoms with Crippen LogP contribution in [-0.2, 0) is 12.8 Å². The Kier molecular flexibility index (Phi) is 3.32. The number of pyridine rings is 1. The van der Waals surface area contributed by atoms with Crippen LogP contribution in [0.4, 0.5) is 5.69 Å². The third-order valence-corrected chi connectivity index (χ3v) is 5.11. The fourth-order valence-corrected chi connectivity index (χ4v) is 3.98. The number of aryl methyl sites for hydroxylation is 1. The lowest BCUT2D eigenvalue weighted by molar-refractivity contribution is 0.0764. The summed E-state index contributed by atoms with van der Waals surface area (Å²) in [5, 5.41) is 0.879. The van der Waals surface area contributed by atoms with Gasteiger partial charge in [-0.2, -0.15) is 0 Å². The number of nitrogen functional groups attached to an aromatic ring is 1. The second-order valence-electron chi connectivity index (χ2n) is 6.99. The molecular weight excluding hydrogens is 290 g/mol. The Morgan fingerprint density at radius 1 is 1.17 bits per heavy atom. The Labute approximate surface area is 135 Å². The Morgan fingerprint density at radius 3 is 2.57 bits per heavy atom. The van der Waals surface area contributed by atoms with Gasteiger partial charge in [-0.1, -0.05) is 13.8 Å². The number of hydrogen-bond donors (Lipinski definition) is 1. The van der Waals surface area contributed by atoms with Crippen molar-refractivity contribution in [2.45, 2.75) is 51.9 Å². The number of carbonyl (C=O) groups is 1. The molecule has 5 heteroatoms. The van der Waals surface area contributed by atoms with E-state index in [1.807, 2.05) is 4.90 Å². The van der Waals surface area contributed by atoms with E-state index in [9.17, 15) is 4.79 Å². The summed E-state index contributed by atoms with van der Waals surface area (Å²) in [7, 11) is 0. The molecule has 23 heavy (non-hydrogen) atoms. The van der Waals surface area contributed by atoms with Crippen LogP contribution < -0.4 is 5.73 Å². The summed E-state index contributed by atoms with van der Waals surface area (Å²) >= 11 is 0. The van der Waals surface area contributed by atoms with Crippen LogP contribution in [0.5, 0.6) is 0 Å². The fraction of sp³-hybridized carbons (Fsp3) is 0.556. The highest BCUT2D eigenvalue weighted by Gasteiger charge is 2.30. The van der Waals surface area contributed by atoms with Gasteiger partial charge in [-0.25, -0.2) is 4.98 Å². The number of fused-ring (bicyclic) bond motifs is 3. The van der Waals surface area contributed by atoms with Crippen LogP contribution in [0.25, 0.3) is 11.1 Å². The third-order valence-electron chi connectivity index (χ3n) is 5.11. The number of likely N-dealkylation sites (tertiary alicyclic amines) is 1. The molecule has 5 nitrogen and oxygen atoms in total. The fourth-order valence-electron chi connectivity index (χ4n) is 3.98. The number of anilines is 1. The monoisotopic (exact) mass is 313 g/mol. The van der Waals surface area contributed by atoms with Crippen LogP contribution in [0.3, 0.4) is 0 Å². The molecule has 1 aliphatic carbocycles. The van der Waals surface area contributed by atoms with E-state index in [1.165, 1.54) is 11.1 Å². The number of nitrogens with two attached hydrogens (primary N) is 1. The molecular formula is C18H23N3O2. The van der Waals surface area contributed by atoms with Gasteiger partial charge in [0.25, 0.3) is 5.91 Å². The molecule has 2 N–H and O–H groups in total. The summed E-state index contributed by atoms with van der Waals surface area (Å²) in [6, 6.07) is 0. The molecule has 2 aliphatic rings. The van der Waals surface area contributed by atoms with E-state index in [1.54, 1.807) is 0 Å². The van der Waals surface area contributed by atoms with Crippen molar-refractivity contribution in [1.29, 1.82) is 0 Å². The van der Waals surface area contributed by atoms with E-state index in [2.05, 4.69) is 13.8 Å². The lowest BCUT2D eigenvalue weighted by atomic mass is 9.98. The highest BCUT2D eigenvalue weighted by Crippen LogP contribution is 2.39. The maximum absolute atomic E-state index is 12.7. The smallest absolute Gasteiger partial charge is 0.291 e. The number of nitrogens with zero attached hydrogens (tertiary/aromatic N) is 2. The molecule has 0 aromatic carbocycles. The van der Waals surface area contributed by atoms with Gasteiger partial charge in [0.15, 0.2) is 0 Å². The molecule has 0 spiro atoms. The molecule has 0 unspecified atom stereocenters. The van der Waals surface area contributed by atoms with E-state index in [0.29, 0.717) is 17.3 Å². The zero-order chi connectivity index (χ0) is 16.1. The van der Waals surface area contributed by atoms with Crippen LogP contribution in [0.2, 0.25) is 0 Å². The standard InChI is InChI=1S/C18H23N3O2/c1-10(2)15-12-7-5-6-11(12)13-14(19)16(23-17(13)20-15)18(22)21-8-3-4-9-21/h10H,3-9,19H2,1-2H3. The summed E-state index contributed by atoms with van der Waals surface area (Å²) < 4.78 is 5.86. The lowest BCUT2D eigenvalue weighted by Gasteiger charge is -2.13. The Morgan fingerprint density at radius 2 is 1.87 bits per heavy atom. The minimum absolute atomic E-state index is 0.0872. The summed E-state index contributed by atoms with van der Waals surface area (Å²) in [6.45, 7) is 5.88. The molecule has 1 aliphatic heterocycles. The second kappa shape index (κ2) is 5.25. The summed E-state index contributed by atoms with van der Waals surface area (Å²) in [6.07, 6.45) is 5.27. The van der Waals surface area contributed by atoms with E-state index in [4.69, 9.17) is 15.1 Å². The molecule has 1 amide bonds. The molecule has 4 rings (SSSR count). The highest BCUT2D eigenvalue weighted by molar-refractivity contribution is 6.06. The first-order valence-electron chi connectivity index (χ1n) is 8.60. The molecule has 0 atom stereocenters. The molecule has 2 aromatic rings. The lowest BCUT2D eigenvalue weighted by Crippen LogP contribution is -2.27. The number of aromatic nitrogens is 1. The number of rotatable bonds is 2. The van der Waals surface area contributed by atoms with Gasteiger partial charge in [0.1, 0.15) is 0 Å². The largest absolute Gasteiger partial charge is 0.430 e. The maximum atomic E-state index is 12.7. The predicted octanol–water partition coefficient (Wildman–Crippen LogP) is 3.26. The first kappa shape index (κ1) is 14.5. The Hall–Kier alpha value is -2.04. The van der Waals surface area contributed by atoms with Gasteiger partial charge in [0, 0.05) is 13.1 Å². The minimum Gasteiger partial charge on any atom is -0.430 e. The Bertz CT molecular complexity index is 785. The van der Waals surface area contributed by atoms with E-state index in [-0.39, 0.29) is 11.7 Å². The van der Waals surface area contributed by atoms with Crippen LogP contribution >= 0.6 is 0 Å². The summed E-state index contributed by atoms with van der Waals surface area (Å²) in [5.41, 5.74) is 11.0. The third kappa shape index (κ3) is 2.13. The van der Waals surface area contributed by atoms with E-state index < -0.39 is 0 Å². The minimum atomic E-state index is -0.0872. The number of hydrogen-bond acceptors (Lipinski definition) is 4. The maximum Gasteiger partial charge on any atom is 0.291 e. The SMILES string of the molecule is CC(C)c1nc2oc(C(=O)N3CCCC3)c(N)c2c2c1CCC2. The van der Waals surface area contributed by atoms with Crippen molar-refractivity contribution in [3.05, 3.63) is 22.6 Å². The van der Waals surface area contributed by atoms with Crippen LogP contribution in [0.15, 0.2) is 4.42 Å². The first-order valence-corrected chi connectivity index (χ1v) is 8.60. The van der Waals surface area contributed by atoms with E-state index in [0.717, 1.165) is 56.3 Å². The molecule has 3 heterocycles. The molecule has 1 fully saturated rings. The topological polar surface area (TPSA) is 72.4 Å². The average molecular weight is 313 g/mol. The van der Waals surface area contributed by atoms with Crippen molar-refractivity contribution in [3.63, 3.8) is 0 Å². The van der Waals surface area contributed by atoms with Gasteiger partial charge in [0.2, 0.25) is 11.5 Å². The Balaban J connectivity index is 1.89.